The fourth-order valence-electron chi connectivity index (χ4n) is 2.47. The van der Waals surface area contributed by atoms with Crippen molar-refractivity contribution in [2.45, 2.75) is 23.6 Å². The molecule has 4 nitrogen and oxygen atoms in total. The molecule has 5 heteroatoms. The van der Waals surface area contributed by atoms with Gasteiger partial charge in [0.05, 0.1) is 19.3 Å². The van der Waals surface area contributed by atoms with Crippen LogP contribution in [0.2, 0.25) is 0 Å². The Labute approximate surface area is 134 Å². The Kier molecular flexibility index (Phi) is 4.45. The summed E-state index contributed by atoms with van der Waals surface area (Å²) >= 11 is 1.73. The van der Waals surface area contributed by atoms with Gasteiger partial charge >= 0.3 is 0 Å². The van der Waals surface area contributed by atoms with Crippen molar-refractivity contribution in [1.82, 2.24) is 9.78 Å². The lowest BCUT2D eigenvalue weighted by molar-refractivity contribution is 0.102. The third-order valence-electron chi connectivity index (χ3n) is 3.64. The molecule has 0 radical (unpaired) electrons. The summed E-state index contributed by atoms with van der Waals surface area (Å²) in [6.07, 6.45) is 5.68. The Morgan fingerprint density at radius 3 is 3.05 bits per heavy atom. The second-order valence-electron chi connectivity index (χ2n) is 5.21. The number of benzene rings is 1. The third-order valence-corrected chi connectivity index (χ3v) is 4.85. The molecule has 2 heterocycles. The Morgan fingerprint density at radius 2 is 2.23 bits per heavy atom. The first kappa shape index (κ1) is 15.1. The number of nitrogens with zero attached hydrogens (tertiary/aromatic N) is 2. The highest BCUT2D eigenvalue weighted by atomic mass is 32.2. The summed E-state index contributed by atoms with van der Waals surface area (Å²) < 4.78 is 6.87. The molecule has 0 saturated carbocycles. The van der Waals surface area contributed by atoms with Crippen LogP contribution in [0.5, 0.6) is 0 Å². The summed E-state index contributed by atoms with van der Waals surface area (Å²) in [5.41, 5.74) is 2.57. The van der Waals surface area contributed by atoms with E-state index in [2.05, 4.69) is 12.0 Å². The minimum absolute atomic E-state index is 0.117. The van der Waals surface area contributed by atoms with E-state index in [0.29, 0.717) is 13.2 Å². The van der Waals surface area contributed by atoms with Gasteiger partial charge in [0.2, 0.25) is 0 Å². The Balaban J connectivity index is 1.88. The van der Waals surface area contributed by atoms with Crippen molar-refractivity contribution in [3.63, 3.8) is 0 Å². The molecule has 0 bridgehead atoms. The maximum Gasteiger partial charge on any atom is 0.191 e. The van der Waals surface area contributed by atoms with E-state index in [9.17, 15) is 4.79 Å². The molecule has 1 aliphatic rings. The first-order valence-corrected chi connectivity index (χ1v) is 8.10. The second kappa shape index (κ2) is 6.50. The van der Waals surface area contributed by atoms with Gasteiger partial charge in [-0.3, -0.25) is 9.48 Å². The van der Waals surface area contributed by atoms with E-state index in [1.807, 2.05) is 41.2 Å². The lowest BCUT2D eigenvalue weighted by Crippen LogP contribution is -2.18. The molecule has 1 aromatic carbocycles. The van der Waals surface area contributed by atoms with Gasteiger partial charge in [0.25, 0.3) is 0 Å². The van der Waals surface area contributed by atoms with Crippen molar-refractivity contribution in [3.05, 3.63) is 53.4 Å². The van der Waals surface area contributed by atoms with E-state index in [1.165, 1.54) is 0 Å². The Bertz CT molecular complexity index is 721. The Morgan fingerprint density at radius 1 is 1.41 bits per heavy atom. The van der Waals surface area contributed by atoms with Crippen LogP contribution in [0.1, 0.15) is 22.8 Å². The van der Waals surface area contributed by atoms with E-state index in [1.54, 1.807) is 25.1 Å². The smallest absolute Gasteiger partial charge is 0.191 e. The topological polar surface area (TPSA) is 44.1 Å². The molecular formula is C17H18N2O2S. The number of hydrogen-bond donors (Lipinski definition) is 0. The van der Waals surface area contributed by atoms with Gasteiger partial charge in [-0.2, -0.15) is 5.10 Å². The quantitative estimate of drug-likeness (QED) is 0.812. The van der Waals surface area contributed by atoms with Crippen molar-refractivity contribution in [2.75, 3.05) is 13.7 Å². The summed E-state index contributed by atoms with van der Waals surface area (Å²) in [6, 6.07) is 7.79. The second-order valence-corrected chi connectivity index (χ2v) is 6.60. The molecule has 1 aromatic heterocycles. The van der Waals surface area contributed by atoms with Crippen LogP contribution < -0.4 is 0 Å². The molecule has 0 fully saturated rings. The molecule has 1 atom stereocenters. The number of methoxy groups -OCH3 is 1. The Hall–Kier alpha value is -1.85. The lowest BCUT2D eigenvalue weighted by atomic mass is 9.99. The van der Waals surface area contributed by atoms with E-state index in [4.69, 9.17) is 4.74 Å². The number of carbonyl (C=O) groups is 1. The molecule has 0 amide bonds. The van der Waals surface area contributed by atoms with Crippen LogP contribution in [0.25, 0.3) is 6.08 Å². The molecule has 22 heavy (non-hydrogen) atoms. The number of ether oxygens (including phenoxy) is 1. The van der Waals surface area contributed by atoms with E-state index >= 15 is 0 Å². The van der Waals surface area contributed by atoms with Crippen LogP contribution in [0, 0.1) is 0 Å². The summed E-state index contributed by atoms with van der Waals surface area (Å²) in [7, 11) is 1.67. The SMILES string of the molecule is COCCn1cc(/C=C2/C(=O)c3ccccc3S[C@@H]2C)cn1. The number of ketones is 1. The summed E-state index contributed by atoms with van der Waals surface area (Å²) in [5.74, 6) is 0.117. The third kappa shape index (κ3) is 3.00. The maximum atomic E-state index is 12.7. The average Bonchev–Trinajstić information content (AvgIpc) is 2.97. The highest BCUT2D eigenvalue weighted by Crippen LogP contribution is 2.38. The largest absolute Gasteiger partial charge is 0.383 e. The monoisotopic (exact) mass is 314 g/mol. The van der Waals surface area contributed by atoms with Gasteiger partial charge < -0.3 is 4.74 Å². The zero-order chi connectivity index (χ0) is 15.5. The molecule has 1 aliphatic heterocycles. The average molecular weight is 314 g/mol. The number of carbonyl (C=O) groups excluding carboxylic acids is 1. The van der Waals surface area contributed by atoms with Crippen molar-refractivity contribution in [1.29, 1.82) is 0 Å². The molecular weight excluding hydrogens is 296 g/mol. The van der Waals surface area contributed by atoms with E-state index in [0.717, 1.165) is 21.6 Å². The van der Waals surface area contributed by atoms with Gasteiger partial charge in [0, 0.05) is 40.2 Å². The summed E-state index contributed by atoms with van der Waals surface area (Å²) in [6.45, 7) is 3.40. The van der Waals surface area contributed by atoms with Crippen LogP contribution in [-0.2, 0) is 11.3 Å². The predicted molar refractivity (Wildman–Crippen MR) is 88.2 cm³/mol. The molecule has 2 aromatic rings. The minimum Gasteiger partial charge on any atom is -0.383 e. The standard InChI is InChI=1S/C17H18N2O2S/c1-12-15(9-13-10-18-19(11-13)7-8-21-2)17(20)14-5-3-4-6-16(14)22-12/h3-6,9-12H,7-8H2,1-2H3/b15-9+/t12-/m1/s1. The van der Waals surface area contributed by atoms with Crippen molar-refractivity contribution in [2.24, 2.45) is 0 Å². The molecule has 0 saturated heterocycles. The van der Waals surface area contributed by atoms with Crippen LogP contribution in [0.3, 0.4) is 0 Å². The first-order chi connectivity index (χ1) is 10.7. The van der Waals surface area contributed by atoms with Gasteiger partial charge in [-0.05, 0) is 25.1 Å². The minimum atomic E-state index is 0.117. The fraction of sp³-hybridized carbons (Fsp3) is 0.294. The van der Waals surface area contributed by atoms with Gasteiger partial charge in [0.1, 0.15) is 0 Å². The number of thioether (sulfide) groups is 1. The van der Waals surface area contributed by atoms with Gasteiger partial charge in [-0.15, -0.1) is 11.8 Å². The summed E-state index contributed by atoms with van der Waals surface area (Å²) in [4.78, 5) is 13.7. The molecule has 0 unspecified atom stereocenters. The maximum absolute atomic E-state index is 12.7. The lowest BCUT2D eigenvalue weighted by Gasteiger charge is -2.22. The molecule has 114 valence electrons. The predicted octanol–water partition coefficient (Wildman–Crippen LogP) is 3.29. The number of rotatable bonds is 4. The first-order valence-electron chi connectivity index (χ1n) is 7.22. The van der Waals surface area contributed by atoms with Crippen LogP contribution in [0.4, 0.5) is 0 Å². The van der Waals surface area contributed by atoms with Crippen LogP contribution in [0.15, 0.2) is 47.1 Å². The molecule has 0 aliphatic carbocycles. The van der Waals surface area contributed by atoms with Crippen molar-refractivity contribution >= 4 is 23.6 Å². The molecule has 0 spiro atoms. The highest BCUT2D eigenvalue weighted by Gasteiger charge is 2.27. The zero-order valence-corrected chi connectivity index (χ0v) is 13.5. The fourth-order valence-corrected chi connectivity index (χ4v) is 3.60. The van der Waals surface area contributed by atoms with Gasteiger partial charge in [-0.25, -0.2) is 0 Å². The zero-order valence-electron chi connectivity index (χ0n) is 12.7. The highest BCUT2D eigenvalue weighted by molar-refractivity contribution is 8.00. The van der Waals surface area contributed by atoms with Gasteiger partial charge in [-0.1, -0.05) is 12.1 Å². The van der Waals surface area contributed by atoms with E-state index < -0.39 is 0 Å². The van der Waals surface area contributed by atoms with Crippen LogP contribution in [-0.4, -0.2) is 34.5 Å². The normalized spacial score (nSPS) is 19.5. The molecule has 0 N–H and O–H groups in total. The van der Waals surface area contributed by atoms with Crippen molar-refractivity contribution in [3.8, 4) is 0 Å². The number of Topliss-reactive ketones (excluding diaryl/α,β-unsaturated/α-hetero) is 1. The van der Waals surface area contributed by atoms with Crippen molar-refractivity contribution < 1.29 is 9.53 Å². The molecule has 3 rings (SSSR count). The number of hydrogen-bond acceptors (Lipinski definition) is 4. The summed E-state index contributed by atoms with van der Waals surface area (Å²) in [5, 5.41) is 4.43. The number of aromatic nitrogens is 2. The number of fused-ring (bicyclic) bond motifs is 1. The van der Waals surface area contributed by atoms with E-state index in [-0.39, 0.29) is 11.0 Å². The van der Waals surface area contributed by atoms with Crippen LogP contribution >= 0.6 is 11.8 Å². The van der Waals surface area contributed by atoms with Gasteiger partial charge in [0.15, 0.2) is 5.78 Å².